The lowest BCUT2D eigenvalue weighted by molar-refractivity contribution is 0.415. The molecule has 0 radical (unpaired) electrons. The van der Waals surface area contributed by atoms with Crippen LogP contribution in [0.15, 0.2) is 48.5 Å². The minimum Gasteiger partial charge on any atom is -0.497 e. The number of methoxy groups -OCH3 is 1. The van der Waals surface area contributed by atoms with Gasteiger partial charge in [0.2, 0.25) is 0 Å². The van der Waals surface area contributed by atoms with E-state index in [9.17, 15) is 0 Å². The van der Waals surface area contributed by atoms with E-state index in [0.717, 1.165) is 12.3 Å². The fraction of sp³-hybridized carbons (Fsp3) is 0.429. The molecule has 1 unspecified atom stereocenters. The van der Waals surface area contributed by atoms with Gasteiger partial charge in [-0.2, -0.15) is 0 Å². The van der Waals surface area contributed by atoms with E-state index in [0.29, 0.717) is 0 Å². The fourth-order valence-corrected chi connectivity index (χ4v) is 8.52. The van der Waals surface area contributed by atoms with Gasteiger partial charge in [0.1, 0.15) is 13.8 Å². The van der Waals surface area contributed by atoms with Gasteiger partial charge in [-0.25, -0.2) is 0 Å². The first-order valence-corrected chi connectivity index (χ1v) is 11.3. The minimum absolute atomic E-state index is 0.940. The molecule has 0 spiro atoms. The highest BCUT2D eigenvalue weighted by Crippen LogP contribution is 2.21. The normalized spacial score (nSPS) is 13.8. The van der Waals surface area contributed by atoms with E-state index in [1.54, 1.807) is 12.3 Å². The van der Waals surface area contributed by atoms with Crippen LogP contribution in [0.4, 0.5) is 0 Å². The molecule has 0 fully saturated rings. The Labute approximate surface area is 148 Å². The smallest absolute Gasteiger partial charge is 0.119 e. The maximum atomic E-state index is 5.37. The van der Waals surface area contributed by atoms with E-state index in [1.807, 2.05) is 0 Å². The molecule has 130 valence electrons. The first-order valence-electron chi connectivity index (χ1n) is 8.88. The second-order valence-corrected chi connectivity index (χ2v) is 11.3. The van der Waals surface area contributed by atoms with Crippen molar-refractivity contribution in [2.24, 2.45) is 0 Å². The summed E-state index contributed by atoms with van der Waals surface area (Å²) in [6, 6.07) is 20.7. The standard InChI is InChI=1S/C21H31NOSi/c1-6-16-24(17-15-22(3)4,20-11-7-18(2)8-12-20)21-13-9-19(23-5)10-14-21/h7-14H,6,15-17H2,1-5H3. The summed E-state index contributed by atoms with van der Waals surface area (Å²) in [5.41, 5.74) is 1.33. The average molecular weight is 342 g/mol. The molecule has 0 saturated carbocycles. The number of ether oxygens (including phenoxy) is 1. The summed E-state index contributed by atoms with van der Waals surface area (Å²) in [6.45, 7) is 5.61. The van der Waals surface area contributed by atoms with Crippen molar-refractivity contribution in [1.29, 1.82) is 0 Å². The summed E-state index contributed by atoms with van der Waals surface area (Å²) >= 11 is 0. The molecular formula is C21H31NOSi. The minimum atomic E-state index is -1.77. The lowest BCUT2D eigenvalue weighted by Gasteiger charge is -2.34. The van der Waals surface area contributed by atoms with Crippen molar-refractivity contribution in [1.82, 2.24) is 4.90 Å². The quantitative estimate of drug-likeness (QED) is 0.681. The molecule has 3 heteroatoms. The zero-order valence-electron chi connectivity index (χ0n) is 15.8. The molecule has 2 rings (SSSR count). The van der Waals surface area contributed by atoms with Crippen LogP contribution in [0.1, 0.15) is 18.9 Å². The van der Waals surface area contributed by atoms with Crippen LogP contribution in [0.2, 0.25) is 12.1 Å². The third-order valence-electron chi connectivity index (χ3n) is 4.91. The van der Waals surface area contributed by atoms with Crippen LogP contribution >= 0.6 is 0 Å². The molecule has 0 aromatic heterocycles. The third-order valence-corrected chi connectivity index (χ3v) is 10.2. The van der Waals surface area contributed by atoms with Crippen LogP contribution in [-0.4, -0.2) is 40.7 Å². The Morgan fingerprint density at radius 3 is 1.88 bits per heavy atom. The van der Waals surface area contributed by atoms with Crippen molar-refractivity contribution < 1.29 is 4.74 Å². The van der Waals surface area contributed by atoms with E-state index >= 15 is 0 Å². The summed E-state index contributed by atoms with van der Waals surface area (Å²) in [6.07, 6.45) is 1.22. The summed E-state index contributed by atoms with van der Waals surface area (Å²) in [7, 11) is 4.32. The number of benzene rings is 2. The highest BCUT2D eigenvalue weighted by molar-refractivity contribution is 7.02. The van der Waals surface area contributed by atoms with Gasteiger partial charge in [0.15, 0.2) is 0 Å². The molecule has 0 N–H and O–H groups in total. The molecule has 0 amide bonds. The molecule has 0 saturated heterocycles. The highest BCUT2D eigenvalue weighted by Gasteiger charge is 2.36. The number of aryl methyl sites for hydroxylation is 1. The summed E-state index contributed by atoms with van der Waals surface area (Å²) in [5.74, 6) is 0.940. The molecule has 0 aliphatic carbocycles. The highest BCUT2D eigenvalue weighted by atomic mass is 28.3. The Morgan fingerprint density at radius 2 is 1.42 bits per heavy atom. The maximum Gasteiger partial charge on any atom is 0.119 e. The zero-order valence-corrected chi connectivity index (χ0v) is 16.8. The number of nitrogens with zero attached hydrogens (tertiary/aromatic N) is 1. The third kappa shape index (κ3) is 4.28. The van der Waals surface area contributed by atoms with Crippen molar-refractivity contribution >= 4 is 18.4 Å². The van der Waals surface area contributed by atoms with E-state index in [4.69, 9.17) is 4.74 Å². The lowest BCUT2D eigenvalue weighted by Crippen LogP contribution is -2.59. The van der Waals surface area contributed by atoms with Crippen LogP contribution in [0, 0.1) is 6.92 Å². The van der Waals surface area contributed by atoms with E-state index < -0.39 is 8.07 Å². The first kappa shape index (κ1) is 18.8. The van der Waals surface area contributed by atoms with Crippen LogP contribution in [0.3, 0.4) is 0 Å². The van der Waals surface area contributed by atoms with Gasteiger partial charge in [-0.3, -0.25) is 0 Å². The van der Waals surface area contributed by atoms with Crippen molar-refractivity contribution in [3.05, 3.63) is 54.1 Å². The fourth-order valence-electron chi connectivity index (χ4n) is 3.49. The molecule has 2 nitrogen and oxygen atoms in total. The van der Waals surface area contributed by atoms with Gasteiger partial charge in [0.25, 0.3) is 0 Å². The Bertz CT molecular complexity index is 621. The molecule has 24 heavy (non-hydrogen) atoms. The van der Waals surface area contributed by atoms with Crippen LogP contribution in [0.5, 0.6) is 5.75 Å². The first-order chi connectivity index (χ1) is 11.5. The Kier molecular flexibility index (Phi) is 6.64. The second kappa shape index (κ2) is 8.50. The molecule has 0 aliphatic heterocycles. The average Bonchev–Trinajstić information content (AvgIpc) is 2.59. The molecule has 0 aliphatic rings. The summed E-state index contributed by atoms with van der Waals surface area (Å²) < 4.78 is 5.37. The Hall–Kier alpha value is -1.58. The van der Waals surface area contributed by atoms with E-state index in [-0.39, 0.29) is 0 Å². The predicted molar refractivity (Wildman–Crippen MR) is 108 cm³/mol. The SMILES string of the molecule is CCC[Si](CCN(C)C)(c1ccc(C)cc1)c1ccc(OC)cc1. The van der Waals surface area contributed by atoms with Crippen LogP contribution < -0.4 is 15.1 Å². The van der Waals surface area contributed by atoms with Gasteiger partial charge in [-0.15, -0.1) is 0 Å². The number of rotatable bonds is 8. The van der Waals surface area contributed by atoms with Crippen molar-refractivity contribution in [2.45, 2.75) is 32.4 Å². The molecule has 2 aromatic rings. The summed E-state index contributed by atoms with van der Waals surface area (Å²) in [5, 5.41) is 3.08. The maximum absolute atomic E-state index is 5.37. The van der Waals surface area contributed by atoms with Crippen molar-refractivity contribution in [3.8, 4) is 5.75 Å². The largest absolute Gasteiger partial charge is 0.497 e. The number of hydrogen-bond donors (Lipinski definition) is 0. The van der Waals surface area contributed by atoms with Crippen LogP contribution in [0.25, 0.3) is 0 Å². The Balaban J connectivity index is 2.52. The number of hydrogen-bond acceptors (Lipinski definition) is 2. The van der Waals surface area contributed by atoms with Gasteiger partial charge in [0, 0.05) is 0 Å². The second-order valence-electron chi connectivity index (χ2n) is 6.98. The van der Waals surface area contributed by atoms with Gasteiger partial charge in [0.05, 0.1) is 7.11 Å². The monoisotopic (exact) mass is 341 g/mol. The summed E-state index contributed by atoms with van der Waals surface area (Å²) in [4.78, 5) is 2.31. The van der Waals surface area contributed by atoms with Crippen molar-refractivity contribution in [3.63, 3.8) is 0 Å². The molecule has 0 heterocycles. The molecule has 1 atom stereocenters. The van der Waals surface area contributed by atoms with E-state index in [1.165, 1.54) is 29.3 Å². The molecular weight excluding hydrogens is 310 g/mol. The molecule has 2 aromatic carbocycles. The van der Waals surface area contributed by atoms with E-state index in [2.05, 4.69) is 81.4 Å². The van der Waals surface area contributed by atoms with Crippen molar-refractivity contribution in [2.75, 3.05) is 27.7 Å². The van der Waals surface area contributed by atoms with Gasteiger partial charge >= 0.3 is 0 Å². The van der Waals surface area contributed by atoms with Crippen LogP contribution in [-0.2, 0) is 0 Å². The predicted octanol–water partition coefficient (Wildman–Crippen LogP) is 3.54. The van der Waals surface area contributed by atoms with Gasteiger partial charge in [-0.1, -0.05) is 65.7 Å². The topological polar surface area (TPSA) is 12.5 Å². The lowest BCUT2D eigenvalue weighted by atomic mass is 10.2. The Morgan fingerprint density at radius 1 is 0.875 bits per heavy atom. The van der Waals surface area contributed by atoms with Gasteiger partial charge in [-0.05, 0) is 51.8 Å². The molecule has 0 bridgehead atoms. The van der Waals surface area contributed by atoms with Gasteiger partial charge < -0.3 is 9.64 Å². The zero-order chi connectivity index (χ0) is 17.6.